The normalized spacial score (nSPS) is 14.7. The summed E-state index contributed by atoms with van der Waals surface area (Å²) in [6.45, 7) is 7.15. The van der Waals surface area contributed by atoms with Crippen LogP contribution in [0.15, 0.2) is 65.1 Å². The van der Waals surface area contributed by atoms with Crippen LogP contribution in [0.5, 0.6) is 0 Å². The van der Waals surface area contributed by atoms with Crippen LogP contribution in [0.3, 0.4) is 0 Å². The number of aryl methyl sites for hydroxylation is 2. The molecule has 1 saturated heterocycles. The Hall–Kier alpha value is -3.27. The highest BCUT2D eigenvalue weighted by Crippen LogP contribution is 2.32. The van der Waals surface area contributed by atoms with Gasteiger partial charge in [-0.05, 0) is 36.9 Å². The number of amides is 1. The predicted molar refractivity (Wildman–Crippen MR) is 118 cm³/mol. The Kier molecular flexibility index (Phi) is 4.27. The Morgan fingerprint density at radius 3 is 2.45 bits per heavy atom. The summed E-state index contributed by atoms with van der Waals surface area (Å²) in [5, 5.41) is 3.20. The van der Waals surface area contributed by atoms with Gasteiger partial charge in [0.15, 0.2) is 5.76 Å². The minimum absolute atomic E-state index is 0.00771. The average molecular weight is 384 g/mol. The Labute approximate surface area is 170 Å². The standard InChI is InChI=1S/C25H24N2O2/c1-17-6-5-8-20(16-17)26-12-14-27(15-13-26)25(28)23-18(2)21-11-10-19-7-3-4-9-22(19)24(21)29-23/h3-11,16H,12-15H2,1-2H3. The molecule has 0 aliphatic carbocycles. The van der Waals surface area contributed by atoms with Crippen molar-refractivity contribution in [1.82, 2.24) is 4.90 Å². The molecule has 0 atom stereocenters. The number of fused-ring (bicyclic) bond motifs is 3. The summed E-state index contributed by atoms with van der Waals surface area (Å²) in [5.74, 6) is 0.465. The molecule has 1 aliphatic rings. The van der Waals surface area contributed by atoms with Crippen molar-refractivity contribution in [1.29, 1.82) is 0 Å². The van der Waals surface area contributed by atoms with Gasteiger partial charge in [0.2, 0.25) is 0 Å². The molecule has 2 heterocycles. The molecule has 0 spiro atoms. The van der Waals surface area contributed by atoms with Crippen LogP contribution >= 0.6 is 0 Å². The van der Waals surface area contributed by atoms with Crippen LogP contribution in [-0.2, 0) is 0 Å². The van der Waals surface area contributed by atoms with Crippen LogP contribution in [0.25, 0.3) is 21.7 Å². The summed E-state index contributed by atoms with van der Waals surface area (Å²) < 4.78 is 6.15. The van der Waals surface area contributed by atoms with E-state index >= 15 is 0 Å². The summed E-state index contributed by atoms with van der Waals surface area (Å²) in [6.07, 6.45) is 0. The maximum atomic E-state index is 13.2. The van der Waals surface area contributed by atoms with Gasteiger partial charge in [-0.1, -0.05) is 48.5 Å². The van der Waals surface area contributed by atoms with Gasteiger partial charge in [-0.2, -0.15) is 0 Å². The van der Waals surface area contributed by atoms with Gasteiger partial charge in [-0.25, -0.2) is 0 Å². The largest absolute Gasteiger partial charge is 0.450 e. The Balaban J connectivity index is 1.40. The number of carbonyl (C=O) groups is 1. The number of piperazine rings is 1. The predicted octanol–water partition coefficient (Wildman–Crippen LogP) is 5.17. The first-order chi connectivity index (χ1) is 14.1. The van der Waals surface area contributed by atoms with Crippen LogP contribution in [-0.4, -0.2) is 37.0 Å². The lowest BCUT2D eigenvalue weighted by Gasteiger charge is -2.36. The molecule has 0 unspecified atom stereocenters. The van der Waals surface area contributed by atoms with E-state index in [-0.39, 0.29) is 5.91 Å². The number of rotatable bonds is 2. The third-order valence-corrected chi connectivity index (χ3v) is 5.96. The highest BCUT2D eigenvalue weighted by molar-refractivity contribution is 6.08. The molecule has 0 saturated carbocycles. The van der Waals surface area contributed by atoms with Crippen molar-refractivity contribution >= 4 is 33.3 Å². The monoisotopic (exact) mass is 384 g/mol. The molecular weight excluding hydrogens is 360 g/mol. The smallest absolute Gasteiger partial charge is 0.290 e. The molecular formula is C25H24N2O2. The first-order valence-corrected chi connectivity index (χ1v) is 10.1. The van der Waals surface area contributed by atoms with Gasteiger partial charge >= 0.3 is 0 Å². The van der Waals surface area contributed by atoms with Gasteiger partial charge in [0.25, 0.3) is 5.91 Å². The van der Waals surface area contributed by atoms with E-state index in [0.717, 1.165) is 40.4 Å². The van der Waals surface area contributed by atoms with Crippen molar-refractivity contribution in [3.63, 3.8) is 0 Å². The Morgan fingerprint density at radius 2 is 1.66 bits per heavy atom. The third kappa shape index (κ3) is 3.05. The molecule has 3 aromatic carbocycles. The number of hydrogen-bond donors (Lipinski definition) is 0. The van der Waals surface area contributed by atoms with Crippen molar-refractivity contribution in [3.8, 4) is 0 Å². The minimum atomic E-state index is -0.00771. The lowest BCUT2D eigenvalue weighted by atomic mass is 10.1. The SMILES string of the molecule is Cc1cccc(N2CCN(C(=O)c3oc4c(ccc5ccccc54)c3C)CC2)c1. The van der Waals surface area contributed by atoms with E-state index in [1.54, 1.807) is 0 Å². The second kappa shape index (κ2) is 6.96. The van der Waals surface area contributed by atoms with Crippen LogP contribution in [0.4, 0.5) is 5.69 Å². The highest BCUT2D eigenvalue weighted by Gasteiger charge is 2.27. The zero-order valence-electron chi connectivity index (χ0n) is 16.8. The molecule has 0 bridgehead atoms. The molecule has 0 radical (unpaired) electrons. The van der Waals surface area contributed by atoms with Crippen molar-refractivity contribution in [2.24, 2.45) is 0 Å². The van der Waals surface area contributed by atoms with Crippen molar-refractivity contribution in [2.75, 3.05) is 31.1 Å². The minimum Gasteiger partial charge on any atom is -0.450 e. The summed E-state index contributed by atoms with van der Waals surface area (Å²) in [7, 11) is 0. The fourth-order valence-electron chi connectivity index (χ4n) is 4.29. The zero-order chi connectivity index (χ0) is 20.0. The number of carbonyl (C=O) groups excluding carboxylic acids is 1. The van der Waals surface area contributed by atoms with Gasteiger partial charge in [-0.3, -0.25) is 4.79 Å². The lowest BCUT2D eigenvalue weighted by molar-refractivity contribution is 0.0716. The number of hydrogen-bond acceptors (Lipinski definition) is 3. The molecule has 5 rings (SSSR count). The fraction of sp³-hybridized carbons (Fsp3) is 0.240. The van der Waals surface area contributed by atoms with E-state index in [4.69, 9.17) is 4.42 Å². The highest BCUT2D eigenvalue weighted by atomic mass is 16.3. The van der Waals surface area contributed by atoms with E-state index in [1.807, 2.05) is 24.0 Å². The van der Waals surface area contributed by atoms with Crippen molar-refractivity contribution in [3.05, 3.63) is 77.6 Å². The lowest BCUT2D eigenvalue weighted by Crippen LogP contribution is -2.48. The second-order valence-corrected chi connectivity index (χ2v) is 7.84. The van der Waals surface area contributed by atoms with Gasteiger partial charge in [-0.15, -0.1) is 0 Å². The molecule has 4 heteroatoms. The van der Waals surface area contributed by atoms with Crippen LogP contribution in [0.2, 0.25) is 0 Å². The van der Waals surface area contributed by atoms with Gasteiger partial charge in [0.05, 0.1) is 0 Å². The van der Waals surface area contributed by atoms with E-state index < -0.39 is 0 Å². The van der Waals surface area contributed by atoms with Crippen molar-refractivity contribution < 1.29 is 9.21 Å². The third-order valence-electron chi connectivity index (χ3n) is 5.96. The summed E-state index contributed by atoms with van der Waals surface area (Å²) in [4.78, 5) is 17.5. The molecule has 29 heavy (non-hydrogen) atoms. The molecule has 1 aromatic heterocycles. The first-order valence-electron chi connectivity index (χ1n) is 10.1. The number of nitrogens with zero attached hydrogens (tertiary/aromatic N) is 2. The van der Waals surface area contributed by atoms with Gasteiger partial charge in [0.1, 0.15) is 5.58 Å². The number of anilines is 1. The number of furan rings is 1. The molecule has 1 amide bonds. The van der Waals surface area contributed by atoms with Crippen molar-refractivity contribution in [2.45, 2.75) is 13.8 Å². The quantitative estimate of drug-likeness (QED) is 0.479. The van der Waals surface area contributed by atoms with Crippen LogP contribution < -0.4 is 4.90 Å². The van der Waals surface area contributed by atoms with E-state index in [9.17, 15) is 4.79 Å². The van der Waals surface area contributed by atoms with E-state index in [1.165, 1.54) is 11.3 Å². The zero-order valence-corrected chi connectivity index (χ0v) is 16.8. The molecule has 4 nitrogen and oxygen atoms in total. The Morgan fingerprint density at radius 1 is 0.862 bits per heavy atom. The molecule has 146 valence electrons. The summed E-state index contributed by atoms with van der Waals surface area (Å²) >= 11 is 0. The van der Waals surface area contributed by atoms with Gasteiger partial charge in [0, 0.05) is 48.2 Å². The fourth-order valence-corrected chi connectivity index (χ4v) is 4.29. The first kappa shape index (κ1) is 17.8. The number of benzene rings is 3. The van der Waals surface area contributed by atoms with E-state index in [0.29, 0.717) is 18.8 Å². The average Bonchev–Trinajstić information content (AvgIpc) is 3.10. The molecule has 1 aliphatic heterocycles. The maximum absolute atomic E-state index is 13.2. The Bertz CT molecular complexity index is 1220. The van der Waals surface area contributed by atoms with Gasteiger partial charge < -0.3 is 14.2 Å². The van der Waals surface area contributed by atoms with Crippen LogP contribution in [0, 0.1) is 13.8 Å². The summed E-state index contributed by atoms with van der Waals surface area (Å²) in [6, 6.07) is 20.8. The molecule has 0 N–H and O–H groups in total. The molecule has 1 fully saturated rings. The summed E-state index contributed by atoms with van der Waals surface area (Å²) in [5.41, 5.74) is 4.22. The van der Waals surface area contributed by atoms with E-state index in [2.05, 4.69) is 60.4 Å². The molecule has 4 aromatic rings. The topological polar surface area (TPSA) is 36.7 Å². The van der Waals surface area contributed by atoms with Crippen LogP contribution in [0.1, 0.15) is 21.7 Å². The second-order valence-electron chi connectivity index (χ2n) is 7.84. The maximum Gasteiger partial charge on any atom is 0.290 e.